The first-order valence-corrected chi connectivity index (χ1v) is 9.32. The minimum Gasteiger partial charge on any atom is -0.508 e. The monoisotopic (exact) mass is 364 g/mol. The van der Waals surface area contributed by atoms with Gasteiger partial charge in [0.05, 0.1) is 26.8 Å². The van der Waals surface area contributed by atoms with Crippen molar-refractivity contribution in [1.29, 1.82) is 0 Å². The number of imidazole rings is 1. The van der Waals surface area contributed by atoms with Crippen molar-refractivity contribution in [2.24, 2.45) is 0 Å². The van der Waals surface area contributed by atoms with Crippen LogP contribution in [0.2, 0.25) is 0 Å². The average Bonchev–Trinajstić information content (AvgIpc) is 2.96. The lowest BCUT2D eigenvalue weighted by Crippen LogP contribution is -2.33. The number of aromatic hydroxyl groups is 1. The Morgan fingerprint density at radius 1 is 1.00 bits per heavy atom. The molecular formula is C23H30N3O+. The quantitative estimate of drug-likeness (QED) is 0.679. The summed E-state index contributed by atoms with van der Waals surface area (Å²) in [5, 5.41) is 9.92. The molecule has 3 aromatic rings. The minimum atomic E-state index is 0.119. The van der Waals surface area contributed by atoms with E-state index in [4.69, 9.17) is 4.98 Å². The molecule has 1 heterocycles. The van der Waals surface area contributed by atoms with Crippen LogP contribution in [0.3, 0.4) is 0 Å². The van der Waals surface area contributed by atoms with Crippen LogP contribution >= 0.6 is 0 Å². The van der Waals surface area contributed by atoms with Gasteiger partial charge in [0, 0.05) is 17.8 Å². The van der Waals surface area contributed by atoms with Gasteiger partial charge in [0.15, 0.2) is 0 Å². The number of hydrogen-bond acceptors (Lipinski definition) is 2. The molecule has 0 spiro atoms. The van der Waals surface area contributed by atoms with E-state index in [9.17, 15) is 5.11 Å². The van der Waals surface area contributed by atoms with E-state index in [1.54, 1.807) is 12.1 Å². The fourth-order valence-corrected chi connectivity index (χ4v) is 3.15. The normalized spacial score (nSPS) is 12.4. The maximum absolute atomic E-state index is 9.92. The maximum Gasteiger partial charge on any atom is 0.145 e. The molecule has 0 radical (unpaired) electrons. The number of hydrogen-bond donors (Lipinski definition) is 1. The van der Waals surface area contributed by atoms with E-state index < -0.39 is 0 Å². The molecule has 1 aromatic heterocycles. The number of benzene rings is 2. The molecule has 2 aromatic carbocycles. The third kappa shape index (κ3) is 4.58. The zero-order valence-electron chi connectivity index (χ0n) is 17.2. The lowest BCUT2D eigenvalue weighted by molar-refractivity contribution is -0.884. The van der Waals surface area contributed by atoms with E-state index in [0.717, 1.165) is 33.8 Å². The Morgan fingerprint density at radius 3 is 2.22 bits per heavy atom. The zero-order valence-corrected chi connectivity index (χ0v) is 17.2. The summed E-state index contributed by atoms with van der Waals surface area (Å²) in [6.07, 6.45) is 2.07. The molecule has 0 saturated heterocycles. The molecule has 1 N–H and O–H groups in total. The van der Waals surface area contributed by atoms with Crippen molar-refractivity contribution in [3.05, 3.63) is 66.0 Å². The molecule has 0 unspecified atom stereocenters. The number of phenols is 1. The number of rotatable bonds is 4. The molecule has 0 aliphatic heterocycles. The first-order valence-electron chi connectivity index (χ1n) is 9.32. The fraction of sp³-hybridized carbons (Fsp3) is 0.348. The molecule has 27 heavy (non-hydrogen) atoms. The van der Waals surface area contributed by atoms with Crippen LogP contribution in [0, 0.1) is 0 Å². The molecule has 4 heteroatoms. The van der Waals surface area contributed by atoms with Crippen LogP contribution in [-0.2, 0) is 12.0 Å². The highest BCUT2D eigenvalue weighted by atomic mass is 16.3. The van der Waals surface area contributed by atoms with Gasteiger partial charge in [-0.25, -0.2) is 4.98 Å². The first kappa shape index (κ1) is 19.2. The highest BCUT2D eigenvalue weighted by Gasteiger charge is 2.18. The van der Waals surface area contributed by atoms with Crippen LogP contribution in [0.1, 0.15) is 32.0 Å². The third-order valence-corrected chi connectivity index (χ3v) is 4.51. The van der Waals surface area contributed by atoms with Gasteiger partial charge in [-0.1, -0.05) is 51.1 Å². The Labute approximate surface area is 162 Å². The predicted molar refractivity (Wildman–Crippen MR) is 111 cm³/mol. The van der Waals surface area contributed by atoms with Crippen molar-refractivity contribution in [2.45, 2.75) is 32.7 Å². The Bertz CT molecular complexity index is 925. The molecule has 3 rings (SSSR count). The summed E-state index contributed by atoms with van der Waals surface area (Å²) >= 11 is 0. The molecular weight excluding hydrogens is 334 g/mol. The molecule has 142 valence electrons. The second kappa shape index (κ2) is 6.86. The molecule has 0 fully saturated rings. The SMILES string of the molecule is CC(C)(C)c1ccc(-c2nc(C[N+](C)(C)C)cn2-c2cccc(O)c2)cc1. The first-order chi connectivity index (χ1) is 12.5. The number of quaternary nitrogens is 1. The van der Waals surface area contributed by atoms with Gasteiger partial charge in [-0.2, -0.15) is 0 Å². The van der Waals surface area contributed by atoms with Crippen molar-refractivity contribution in [3.63, 3.8) is 0 Å². The van der Waals surface area contributed by atoms with Crippen molar-refractivity contribution >= 4 is 0 Å². The maximum atomic E-state index is 9.92. The van der Waals surface area contributed by atoms with Gasteiger partial charge in [-0.05, 0) is 23.1 Å². The molecule has 0 bridgehead atoms. The summed E-state index contributed by atoms with van der Waals surface area (Å²) in [6.45, 7) is 7.48. The summed E-state index contributed by atoms with van der Waals surface area (Å²) in [6, 6.07) is 15.9. The summed E-state index contributed by atoms with van der Waals surface area (Å²) in [5.41, 5.74) is 4.42. The van der Waals surface area contributed by atoms with E-state index in [1.807, 2.05) is 12.1 Å². The Kier molecular flexibility index (Phi) is 4.87. The predicted octanol–water partition coefficient (Wildman–Crippen LogP) is 4.75. The molecule has 0 atom stereocenters. The van der Waals surface area contributed by atoms with Crippen LogP contribution in [0.4, 0.5) is 0 Å². The minimum absolute atomic E-state index is 0.119. The second-order valence-corrected chi connectivity index (χ2v) is 9.22. The Balaban J connectivity index is 2.10. The van der Waals surface area contributed by atoms with Gasteiger partial charge >= 0.3 is 0 Å². The second-order valence-electron chi connectivity index (χ2n) is 9.22. The molecule has 0 aliphatic rings. The van der Waals surface area contributed by atoms with Crippen molar-refractivity contribution in [2.75, 3.05) is 21.1 Å². The fourth-order valence-electron chi connectivity index (χ4n) is 3.15. The number of phenolic OH excluding ortho intramolecular Hbond substituents is 1. The average molecular weight is 365 g/mol. The Hall–Kier alpha value is -2.59. The number of nitrogens with zero attached hydrogens (tertiary/aromatic N) is 3. The van der Waals surface area contributed by atoms with Crippen molar-refractivity contribution in [1.82, 2.24) is 9.55 Å². The van der Waals surface area contributed by atoms with Crippen LogP contribution in [0.25, 0.3) is 17.1 Å². The summed E-state index contributed by atoms with van der Waals surface area (Å²) in [7, 11) is 6.47. The largest absolute Gasteiger partial charge is 0.508 e. The lowest BCUT2D eigenvalue weighted by atomic mass is 9.87. The smallest absolute Gasteiger partial charge is 0.145 e. The van der Waals surface area contributed by atoms with Crippen LogP contribution in [0.15, 0.2) is 54.7 Å². The lowest BCUT2D eigenvalue weighted by Gasteiger charge is -2.22. The van der Waals surface area contributed by atoms with Crippen LogP contribution < -0.4 is 0 Å². The van der Waals surface area contributed by atoms with E-state index in [2.05, 4.69) is 76.9 Å². The molecule has 0 saturated carbocycles. The van der Waals surface area contributed by atoms with Crippen molar-refractivity contribution < 1.29 is 9.59 Å². The summed E-state index contributed by atoms with van der Waals surface area (Å²) < 4.78 is 2.87. The van der Waals surface area contributed by atoms with E-state index >= 15 is 0 Å². The summed E-state index contributed by atoms with van der Waals surface area (Å²) in [5.74, 6) is 1.15. The van der Waals surface area contributed by atoms with Gasteiger partial charge in [-0.3, -0.25) is 4.57 Å². The Morgan fingerprint density at radius 2 is 1.67 bits per heavy atom. The van der Waals surface area contributed by atoms with Gasteiger partial charge in [0.1, 0.15) is 23.8 Å². The summed E-state index contributed by atoms with van der Waals surface area (Å²) in [4.78, 5) is 4.93. The van der Waals surface area contributed by atoms with E-state index in [-0.39, 0.29) is 11.2 Å². The van der Waals surface area contributed by atoms with E-state index in [0.29, 0.717) is 0 Å². The van der Waals surface area contributed by atoms with E-state index in [1.165, 1.54) is 5.56 Å². The van der Waals surface area contributed by atoms with Gasteiger partial charge in [0.25, 0.3) is 0 Å². The highest BCUT2D eigenvalue weighted by molar-refractivity contribution is 5.60. The van der Waals surface area contributed by atoms with Gasteiger partial charge in [-0.15, -0.1) is 0 Å². The van der Waals surface area contributed by atoms with Crippen molar-refractivity contribution in [3.8, 4) is 22.8 Å². The molecule has 0 amide bonds. The van der Waals surface area contributed by atoms with Crippen LogP contribution in [-0.4, -0.2) is 40.3 Å². The molecule has 0 aliphatic carbocycles. The van der Waals surface area contributed by atoms with Crippen LogP contribution in [0.5, 0.6) is 5.75 Å². The van der Waals surface area contributed by atoms with Gasteiger partial charge < -0.3 is 9.59 Å². The standard InChI is InChI=1S/C23H29N3O/c1-23(2,3)18-12-10-17(11-13-18)22-24-19(16-26(4,5)6)15-25(22)20-8-7-9-21(27)14-20/h7-15H,16H2,1-6H3/p+1. The zero-order chi connectivity index (χ0) is 19.8. The third-order valence-electron chi connectivity index (χ3n) is 4.51. The van der Waals surface area contributed by atoms with Gasteiger partial charge in [0.2, 0.25) is 0 Å². The topological polar surface area (TPSA) is 38.0 Å². The highest BCUT2D eigenvalue weighted by Crippen LogP contribution is 2.28. The molecule has 4 nitrogen and oxygen atoms in total. The number of aromatic nitrogens is 2.